The van der Waals surface area contributed by atoms with E-state index in [-0.39, 0.29) is 0 Å². The van der Waals surface area contributed by atoms with Crippen molar-refractivity contribution in [3.8, 4) is 45.6 Å². The minimum absolute atomic E-state index is 0.555. The van der Waals surface area contributed by atoms with Gasteiger partial charge in [0, 0.05) is 0 Å². The van der Waals surface area contributed by atoms with E-state index >= 15 is 0 Å². The van der Waals surface area contributed by atoms with Gasteiger partial charge in [-0.25, -0.2) is 8.42 Å². The summed E-state index contributed by atoms with van der Waals surface area (Å²) in [5.74, 6) is 2.26. The van der Waals surface area contributed by atoms with Crippen LogP contribution in [0.2, 0.25) is 0 Å². The molecule has 0 atom stereocenters. The summed E-state index contributed by atoms with van der Waals surface area (Å²) in [5.41, 5.74) is 6.18. The molecule has 2 aliphatic rings. The Labute approximate surface area is 272 Å². The van der Waals surface area contributed by atoms with Crippen molar-refractivity contribution >= 4 is 69.7 Å². The Hall–Kier alpha value is -5.04. The number of rotatable bonds is 1. The van der Waals surface area contributed by atoms with E-state index in [4.69, 9.17) is 53.0 Å². The molecule has 5 heterocycles. The maximum atomic E-state index is 8.59. The summed E-state index contributed by atoms with van der Waals surface area (Å²) in [4.78, 5) is 36.9. The fourth-order valence-corrected chi connectivity index (χ4v) is 6.54. The van der Waals surface area contributed by atoms with E-state index in [0.29, 0.717) is 45.9 Å². The summed E-state index contributed by atoms with van der Waals surface area (Å²) < 4.78 is 25.1. The van der Waals surface area contributed by atoms with Crippen molar-refractivity contribution in [2.75, 3.05) is 0 Å². The fourth-order valence-electron chi connectivity index (χ4n) is 5.67. The number of aromatic nitrogens is 8. The molecular weight excluding hydrogens is 675 g/mol. The molecule has 0 saturated carbocycles. The van der Waals surface area contributed by atoms with Crippen LogP contribution < -0.4 is 4.46 Å². The predicted molar refractivity (Wildman–Crippen MR) is 174 cm³/mol. The van der Waals surface area contributed by atoms with Crippen LogP contribution in [0.5, 0.6) is 0 Å². The van der Waals surface area contributed by atoms with Gasteiger partial charge in [0.1, 0.15) is 0 Å². The predicted octanol–water partition coefficient (Wildman–Crippen LogP) is 5.80. The number of benzene rings is 4. The van der Waals surface area contributed by atoms with Crippen LogP contribution in [0.1, 0.15) is 0 Å². The zero-order valence-electron chi connectivity index (χ0n) is 23.2. The van der Waals surface area contributed by atoms with Gasteiger partial charge >= 0.3 is 243 Å². The van der Waals surface area contributed by atoms with Gasteiger partial charge in [0.15, 0.2) is 0 Å². The molecule has 0 spiro atoms. The monoisotopic (exact) mass is 693 g/mol. The fraction of sp³-hybridized carbons (Fsp3) is 0. The van der Waals surface area contributed by atoms with Crippen molar-refractivity contribution in [1.29, 1.82) is 0 Å². The molecule has 4 aromatic carbocycles. The van der Waals surface area contributed by atoms with Gasteiger partial charge < -0.3 is 0 Å². The second-order valence-corrected chi connectivity index (χ2v) is 11.8. The molecule has 11 nitrogen and oxygen atoms in total. The van der Waals surface area contributed by atoms with Crippen molar-refractivity contribution in [2.24, 2.45) is 0 Å². The number of hydrogen-bond acceptors (Lipinski definition) is 8. The van der Waals surface area contributed by atoms with Crippen LogP contribution >= 0.6 is 10.1 Å². The first kappa shape index (κ1) is 28.4. The van der Waals surface area contributed by atoms with Gasteiger partial charge in [-0.1, -0.05) is 6.07 Å². The molecule has 2 aliphatic heterocycles. The van der Waals surface area contributed by atoms with Crippen molar-refractivity contribution < 1.29 is 27.0 Å². The second-order valence-electron chi connectivity index (χ2n) is 10.2. The number of halogens is 1. The van der Waals surface area contributed by atoms with Gasteiger partial charge in [-0.05, 0) is 0 Å². The first-order valence-electron chi connectivity index (χ1n) is 13.7. The van der Waals surface area contributed by atoms with Crippen LogP contribution in [0.4, 0.5) is 0 Å². The number of thiol groups is 1. The number of H-pyrrole nitrogens is 2. The Kier molecular flexibility index (Phi) is 7.04. The first-order chi connectivity index (χ1) is 22.5. The van der Waals surface area contributed by atoms with Gasteiger partial charge in [-0.15, -0.1) is 0 Å². The Morgan fingerprint density at radius 3 is 1.35 bits per heavy atom. The summed E-state index contributed by atoms with van der Waals surface area (Å²) in [6.45, 7) is 0. The summed E-state index contributed by atoms with van der Waals surface area (Å²) in [7, 11) is 3.21. The van der Waals surface area contributed by atoms with Crippen LogP contribution in [0.15, 0.2) is 91.0 Å². The zero-order chi connectivity index (χ0) is 31.4. The number of aromatic amines is 2. The summed E-state index contributed by atoms with van der Waals surface area (Å²) in [6.07, 6.45) is 0. The minimum atomic E-state index is -3.12. The van der Waals surface area contributed by atoms with Gasteiger partial charge in [0.2, 0.25) is 0 Å². The van der Waals surface area contributed by atoms with E-state index in [1.165, 1.54) is 14.0 Å². The number of nitrogens with zero attached hydrogens (tertiary/aromatic N) is 6. The summed E-state index contributed by atoms with van der Waals surface area (Å²) >= 11 is 1.25. The van der Waals surface area contributed by atoms with Crippen molar-refractivity contribution in [3.05, 3.63) is 91.0 Å². The Morgan fingerprint density at radius 1 is 0.522 bits per heavy atom. The molecule has 0 saturated heterocycles. The molecule has 7 aromatic rings. The summed E-state index contributed by atoms with van der Waals surface area (Å²) in [6, 6.07) is 30.0. The summed E-state index contributed by atoms with van der Waals surface area (Å²) in [5, 5.41) is 3.63. The molecule has 0 radical (unpaired) electrons. The molecule has 8 bridgehead atoms. The molecule has 0 unspecified atom stereocenters. The van der Waals surface area contributed by atoms with Crippen molar-refractivity contribution in [1.82, 2.24) is 39.9 Å². The topological polar surface area (TPSA) is 163 Å². The third-order valence-corrected chi connectivity index (χ3v) is 8.65. The molecular formula is C32H19ClCuN8O3S. The average Bonchev–Trinajstić information content (AvgIpc) is 3.80. The van der Waals surface area contributed by atoms with E-state index in [1.807, 2.05) is 91.0 Å². The van der Waals surface area contributed by atoms with E-state index in [1.54, 1.807) is 0 Å². The van der Waals surface area contributed by atoms with Crippen LogP contribution in [-0.2, 0) is 25.0 Å². The molecule has 14 heteroatoms. The van der Waals surface area contributed by atoms with Crippen LogP contribution in [0.3, 0.4) is 0 Å². The Bertz CT molecular complexity index is 2610. The number of fused-ring (bicyclic) bond motifs is 20. The first-order valence-corrected chi connectivity index (χ1v) is 16.6. The Balaban J connectivity index is 0.000000740. The molecule has 0 amide bonds. The van der Waals surface area contributed by atoms with Crippen molar-refractivity contribution in [2.45, 2.75) is 0 Å². The third kappa shape index (κ3) is 4.82. The standard InChI is InChI=1S/C32H17N8.ClH.Cu.H2O3S/c1-2-10-18-17(9-1)25-33-26(18)38-28-21-13-5-6-14-22(21)30(35-28)40-32-24-16-8-7-15-23(24)31(36-32)39-29-20-12-4-3-11-19(20)27(34-29)37-25;;;1-4(2)3/h1-15H,(H2,33,34,35,36,37,38,39,40);1H;;4H,(H,1,2,3)/q;;+1;/p-1. The van der Waals surface area contributed by atoms with Crippen LogP contribution in [0, 0.1) is 0 Å². The maximum absolute atomic E-state index is 8.59. The molecule has 3 aromatic heterocycles. The van der Waals surface area contributed by atoms with Crippen LogP contribution in [0.25, 0.3) is 89.7 Å². The molecule has 229 valence electrons. The Morgan fingerprint density at radius 2 is 0.891 bits per heavy atom. The quantitative estimate of drug-likeness (QED) is 0.0945. The molecule has 46 heavy (non-hydrogen) atoms. The van der Waals surface area contributed by atoms with Gasteiger partial charge in [0.25, 0.3) is 11.0 Å². The van der Waals surface area contributed by atoms with Gasteiger partial charge in [-0.3, -0.25) is 4.55 Å². The van der Waals surface area contributed by atoms with E-state index in [0.717, 1.165) is 48.3 Å². The normalized spacial score (nSPS) is 11.8. The molecule has 0 fully saturated rings. The molecule has 9 rings (SSSR count). The van der Waals surface area contributed by atoms with Crippen molar-refractivity contribution in [3.63, 3.8) is 0 Å². The van der Waals surface area contributed by atoms with E-state index in [2.05, 4.69) is 9.97 Å². The van der Waals surface area contributed by atoms with Gasteiger partial charge in [0.05, 0.1) is 0 Å². The zero-order valence-corrected chi connectivity index (χ0v) is 25.8. The molecule has 3 N–H and O–H groups in total. The van der Waals surface area contributed by atoms with Gasteiger partial charge in [-0.2, -0.15) is 0 Å². The van der Waals surface area contributed by atoms with Crippen LogP contribution in [-0.4, -0.2) is 52.8 Å². The second kappa shape index (κ2) is 11.4. The third-order valence-electron chi connectivity index (χ3n) is 7.56. The van der Waals surface area contributed by atoms with E-state index in [9.17, 15) is 0 Å². The number of hydrogen-bond donors (Lipinski definition) is 4. The SMILES string of the molecule is O=[SH](=O)O.[Cl][Cu][c]1cccc2c3nc4nc(nc5[nH]c(nc6nc(nc([nH]3)c12)-c1ccccc1-6)c1ccccc51)-c1ccccc1-4. The average molecular weight is 695 g/mol. The number of nitrogens with one attached hydrogen (secondary N) is 2. The molecule has 0 aliphatic carbocycles. The van der Waals surface area contributed by atoms with E-state index < -0.39 is 11.0 Å².